The van der Waals surface area contributed by atoms with Crippen molar-refractivity contribution in [3.05, 3.63) is 34.9 Å². The van der Waals surface area contributed by atoms with Gasteiger partial charge < -0.3 is 5.32 Å². The van der Waals surface area contributed by atoms with Crippen molar-refractivity contribution in [2.24, 2.45) is 0 Å². The zero-order chi connectivity index (χ0) is 12.5. The van der Waals surface area contributed by atoms with Crippen LogP contribution in [0.3, 0.4) is 0 Å². The molecule has 1 aliphatic rings. The van der Waals surface area contributed by atoms with Crippen molar-refractivity contribution in [3.8, 4) is 0 Å². The van der Waals surface area contributed by atoms with Crippen LogP contribution in [0.4, 0.5) is 0 Å². The fourth-order valence-electron chi connectivity index (χ4n) is 2.10. The van der Waals surface area contributed by atoms with Crippen LogP contribution >= 0.6 is 11.6 Å². The number of benzene rings is 1. The van der Waals surface area contributed by atoms with Crippen LogP contribution in [0.25, 0.3) is 0 Å². The summed E-state index contributed by atoms with van der Waals surface area (Å²) in [5, 5.41) is 4.02. The average Bonchev–Trinajstić information content (AvgIpc) is 2.53. The Hall–Kier alpha value is -0.580. The van der Waals surface area contributed by atoms with Crippen molar-refractivity contribution in [3.63, 3.8) is 0 Å². The molecule has 2 rings (SSSR count). The Balaban J connectivity index is 2.02. The molecule has 0 aliphatic carbocycles. The summed E-state index contributed by atoms with van der Waals surface area (Å²) in [5.41, 5.74) is 0.678. The molecule has 3 nitrogen and oxygen atoms in total. The van der Waals surface area contributed by atoms with Crippen LogP contribution in [-0.2, 0) is 16.4 Å². The van der Waals surface area contributed by atoms with E-state index < -0.39 is 9.84 Å². The predicted molar refractivity (Wildman–Crippen MR) is 70.0 cm³/mol. The van der Waals surface area contributed by atoms with Crippen molar-refractivity contribution in [2.45, 2.75) is 25.4 Å². The largest absolute Gasteiger partial charge is 0.306 e. The first-order valence-corrected chi connectivity index (χ1v) is 7.79. The minimum atomic E-state index is -2.86. The fourth-order valence-corrected chi connectivity index (χ4v) is 4.43. The topological polar surface area (TPSA) is 46.2 Å². The van der Waals surface area contributed by atoms with Gasteiger partial charge in [0, 0.05) is 17.1 Å². The number of nitrogens with one attached hydrogen (secondary N) is 1. The molecule has 17 heavy (non-hydrogen) atoms. The number of hydrogen-bond donors (Lipinski definition) is 1. The summed E-state index contributed by atoms with van der Waals surface area (Å²) in [5.74, 6) is 0.490. The highest BCUT2D eigenvalue weighted by molar-refractivity contribution is 7.91. The van der Waals surface area contributed by atoms with E-state index in [1.807, 2.05) is 31.2 Å². The summed E-state index contributed by atoms with van der Waals surface area (Å²) in [6.45, 7) is 2.56. The quantitative estimate of drug-likeness (QED) is 0.916. The number of halogens is 1. The minimum absolute atomic E-state index is 0.213. The average molecular weight is 274 g/mol. The molecule has 1 fully saturated rings. The molecule has 0 bridgehead atoms. The second-order valence-electron chi connectivity index (χ2n) is 4.85. The molecular weight excluding hydrogens is 258 g/mol. The van der Waals surface area contributed by atoms with Gasteiger partial charge in [0.15, 0.2) is 9.84 Å². The Morgan fingerprint density at radius 1 is 1.41 bits per heavy atom. The zero-order valence-electron chi connectivity index (χ0n) is 9.74. The van der Waals surface area contributed by atoms with Gasteiger partial charge in [-0.05, 0) is 25.0 Å². The van der Waals surface area contributed by atoms with E-state index in [0.29, 0.717) is 18.0 Å². The number of rotatable bonds is 3. The van der Waals surface area contributed by atoms with Gasteiger partial charge in [-0.25, -0.2) is 8.42 Å². The maximum Gasteiger partial charge on any atom is 0.152 e. The molecular formula is C12H16ClNO2S. The molecule has 1 N–H and O–H groups in total. The lowest BCUT2D eigenvalue weighted by Crippen LogP contribution is -2.42. The van der Waals surface area contributed by atoms with Crippen LogP contribution < -0.4 is 5.32 Å². The molecule has 1 heterocycles. The molecule has 1 saturated heterocycles. The summed E-state index contributed by atoms with van der Waals surface area (Å²) < 4.78 is 22.9. The van der Waals surface area contributed by atoms with E-state index in [9.17, 15) is 8.42 Å². The zero-order valence-corrected chi connectivity index (χ0v) is 11.3. The molecule has 0 aromatic heterocycles. The Kier molecular flexibility index (Phi) is 3.48. The van der Waals surface area contributed by atoms with Gasteiger partial charge in [0.1, 0.15) is 0 Å². The van der Waals surface area contributed by atoms with E-state index in [-0.39, 0.29) is 17.0 Å². The van der Waals surface area contributed by atoms with Gasteiger partial charge in [0.2, 0.25) is 0 Å². The molecule has 5 heteroatoms. The van der Waals surface area contributed by atoms with Gasteiger partial charge in [0.05, 0.1) is 11.5 Å². The van der Waals surface area contributed by atoms with Crippen LogP contribution in [0.2, 0.25) is 5.02 Å². The summed E-state index contributed by atoms with van der Waals surface area (Å²) in [6.07, 6.45) is 0.666. The van der Waals surface area contributed by atoms with E-state index in [4.69, 9.17) is 11.6 Å². The van der Waals surface area contributed by atoms with Gasteiger partial charge in [-0.3, -0.25) is 0 Å². The van der Waals surface area contributed by atoms with E-state index in [1.54, 1.807) is 0 Å². The lowest BCUT2D eigenvalue weighted by molar-refractivity contribution is 0.395. The molecule has 0 saturated carbocycles. The second kappa shape index (κ2) is 4.59. The summed E-state index contributed by atoms with van der Waals surface area (Å²) >= 11 is 6.05. The maximum absolute atomic E-state index is 11.5. The Labute approximate surface area is 107 Å². The van der Waals surface area contributed by atoms with E-state index in [2.05, 4.69) is 5.32 Å². The Morgan fingerprint density at radius 2 is 2.12 bits per heavy atom. The van der Waals surface area contributed by atoms with E-state index in [1.165, 1.54) is 0 Å². The summed E-state index contributed by atoms with van der Waals surface area (Å²) in [6, 6.07) is 7.60. The normalized spacial score (nSPS) is 27.2. The van der Waals surface area contributed by atoms with Crippen LogP contribution in [0.5, 0.6) is 0 Å². The molecule has 94 valence electrons. The summed E-state index contributed by atoms with van der Waals surface area (Å²) in [4.78, 5) is 0. The standard InChI is InChI=1S/C12H16ClNO2S/c1-12(6-7-17(15,16)9-12)14-8-10-4-2-3-5-11(10)13/h2-5,14H,6-9H2,1H3/t12-/m1/s1. The minimum Gasteiger partial charge on any atom is -0.306 e. The number of hydrogen-bond acceptors (Lipinski definition) is 3. The molecule has 0 radical (unpaired) electrons. The lowest BCUT2D eigenvalue weighted by Gasteiger charge is -2.24. The highest BCUT2D eigenvalue weighted by Gasteiger charge is 2.37. The lowest BCUT2D eigenvalue weighted by atomic mass is 10.0. The van der Waals surface area contributed by atoms with Crippen LogP contribution in [0, 0.1) is 0 Å². The van der Waals surface area contributed by atoms with Gasteiger partial charge in [0.25, 0.3) is 0 Å². The molecule has 0 spiro atoms. The molecule has 1 atom stereocenters. The Morgan fingerprint density at radius 3 is 2.71 bits per heavy atom. The highest BCUT2D eigenvalue weighted by Crippen LogP contribution is 2.24. The first-order valence-electron chi connectivity index (χ1n) is 5.59. The van der Waals surface area contributed by atoms with Crippen molar-refractivity contribution in [2.75, 3.05) is 11.5 Å². The predicted octanol–water partition coefficient (Wildman–Crippen LogP) is 2.01. The number of sulfone groups is 1. The smallest absolute Gasteiger partial charge is 0.152 e. The molecule has 0 unspecified atom stereocenters. The van der Waals surface area contributed by atoms with Crippen molar-refractivity contribution >= 4 is 21.4 Å². The van der Waals surface area contributed by atoms with Gasteiger partial charge >= 0.3 is 0 Å². The fraction of sp³-hybridized carbons (Fsp3) is 0.500. The Bertz CT molecular complexity index is 515. The first-order chi connectivity index (χ1) is 7.90. The van der Waals surface area contributed by atoms with Gasteiger partial charge in [-0.2, -0.15) is 0 Å². The maximum atomic E-state index is 11.5. The van der Waals surface area contributed by atoms with Gasteiger partial charge in [-0.1, -0.05) is 29.8 Å². The second-order valence-corrected chi connectivity index (χ2v) is 7.44. The van der Waals surface area contributed by atoms with Crippen LogP contribution in [0.1, 0.15) is 18.9 Å². The first kappa shape index (κ1) is 12.9. The van der Waals surface area contributed by atoms with E-state index >= 15 is 0 Å². The molecule has 1 aromatic carbocycles. The SMILES string of the molecule is C[C@@]1(NCc2ccccc2Cl)CCS(=O)(=O)C1. The third-order valence-corrected chi connectivity index (χ3v) is 5.44. The monoisotopic (exact) mass is 273 g/mol. The van der Waals surface area contributed by atoms with Crippen LogP contribution in [-0.4, -0.2) is 25.5 Å². The van der Waals surface area contributed by atoms with Crippen LogP contribution in [0.15, 0.2) is 24.3 Å². The van der Waals surface area contributed by atoms with Crippen molar-refractivity contribution < 1.29 is 8.42 Å². The van der Waals surface area contributed by atoms with E-state index in [0.717, 1.165) is 5.56 Å². The summed E-state index contributed by atoms with van der Waals surface area (Å²) in [7, 11) is -2.86. The molecule has 1 aromatic rings. The third kappa shape index (κ3) is 3.21. The van der Waals surface area contributed by atoms with Gasteiger partial charge in [-0.15, -0.1) is 0 Å². The van der Waals surface area contributed by atoms with Crippen molar-refractivity contribution in [1.82, 2.24) is 5.32 Å². The molecule has 0 amide bonds. The molecule has 1 aliphatic heterocycles. The highest BCUT2D eigenvalue weighted by atomic mass is 35.5. The van der Waals surface area contributed by atoms with Crippen molar-refractivity contribution in [1.29, 1.82) is 0 Å². The third-order valence-electron chi connectivity index (χ3n) is 3.17.